The van der Waals surface area contributed by atoms with E-state index in [4.69, 9.17) is 4.74 Å². The number of rotatable bonds is 5. The number of aromatic nitrogens is 2. The third kappa shape index (κ3) is 4.42. The molecule has 144 valence electrons. The lowest BCUT2D eigenvalue weighted by Gasteiger charge is -2.32. The van der Waals surface area contributed by atoms with Gasteiger partial charge in [0.25, 0.3) is 5.91 Å². The molecule has 9 heteroatoms. The Morgan fingerprint density at radius 1 is 1.15 bits per heavy atom. The van der Waals surface area contributed by atoms with Gasteiger partial charge < -0.3 is 9.64 Å². The zero-order valence-electron chi connectivity index (χ0n) is 15.3. The third-order valence-electron chi connectivity index (χ3n) is 4.44. The van der Waals surface area contributed by atoms with Crippen molar-refractivity contribution in [2.24, 2.45) is 0 Å². The van der Waals surface area contributed by atoms with Crippen molar-refractivity contribution < 1.29 is 17.9 Å². The number of likely N-dealkylation sites (tertiary alicyclic amines) is 1. The summed E-state index contributed by atoms with van der Waals surface area (Å²) in [6, 6.07) is 9.57. The summed E-state index contributed by atoms with van der Waals surface area (Å²) in [5, 5.41) is 7.69. The van der Waals surface area contributed by atoms with Crippen LogP contribution >= 0.6 is 0 Å². The number of hydrogen-bond donors (Lipinski definition) is 0. The monoisotopic (exact) mass is 390 g/mol. The number of hydrogen-bond acceptors (Lipinski definition) is 6. The molecule has 1 aromatic carbocycles. The van der Waals surface area contributed by atoms with Gasteiger partial charge in [0.2, 0.25) is 15.9 Å². The van der Waals surface area contributed by atoms with Gasteiger partial charge in [0.15, 0.2) is 0 Å². The molecule has 1 aromatic heterocycles. The Kier molecular flexibility index (Phi) is 5.71. The fraction of sp³-hybridized carbons (Fsp3) is 0.389. The number of nitrogens with zero attached hydrogens (tertiary/aromatic N) is 4. The van der Waals surface area contributed by atoms with Crippen molar-refractivity contribution >= 4 is 15.9 Å². The molecule has 0 unspecified atom stereocenters. The van der Waals surface area contributed by atoms with Crippen molar-refractivity contribution in [1.82, 2.24) is 19.4 Å². The summed E-state index contributed by atoms with van der Waals surface area (Å²) in [4.78, 5) is 14.6. The van der Waals surface area contributed by atoms with Gasteiger partial charge in [0, 0.05) is 57.9 Å². The molecule has 27 heavy (non-hydrogen) atoms. The summed E-state index contributed by atoms with van der Waals surface area (Å²) in [5.74, 6) is 0.377. The first kappa shape index (κ1) is 19.2. The number of amides is 1. The minimum absolute atomic E-state index is 0.00152. The molecule has 0 bridgehead atoms. The molecule has 0 spiro atoms. The zero-order valence-corrected chi connectivity index (χ0v) is 16.1. The van der Waals surface area contributed by atoms with Gasteiger partial charge in [0.1, 0.15) is 6.10 Å². The Balaban J connectivity index is 1.59. The van der Waals surface area contributed by atoms with Crippen LogP contribution in [0.25, 0.3) is 0 Å². The SMILES string of the molecule is CN(C)S(=O)(=O)c1ccc(C(=O)N2CCC(Oc3cccnn3)CC2)cc1. The molecule has 0 N–H and O–H groups in total. The molecule has 8 nitrogen and oxygen atoms in total. The fourth-order valence-electron chi connectivity index (χ4n) is 2.86. The van der Waals surface area contributed by atoms with E-state index in [1.54, 1.807) is 35.4 Å². The summed E-state index contributed by atoms with van der Waals surface area (Å²) in [6.45, 7) is 1.14. The van der Waals surface area contributed by atoms with Crippen molar-refractivity contribution in [3.05, 3.63) is 48.2 Å². The first-order valence-corrected chi connectivity index (χ1v) is 10.1. The lowest BCUT2D eigenvalue weighted by Crippen LogP contribution is -2.41. The van der Waals surface area contributed by atoms with Crippen LogP contribution in [0.15, 0.2) is 47.5 Å². The Morgan fingerprint density at radius 2 is 1.81 bits per heavy atom. The number of piperidine rings is 1. The summed E-state index contributed by atoms with van der Waals surface area (Å²) in [5.41, 5.74) is 0.473. The second kappa shape index (κ2) is 8.01. The predicted octanol–water partition coefficient (Wildman–Crippen LogP) is 1.41. The number of ether oxygens (including phenoxy) is 1. The average molecular weight is 390 g/mol. The van der Waals surface area contributed by atoms with Crippen LogP contribution in [-0.4, -0.2) is 67.0 Å². The van der Waals surface area contributed by atoms with Gasteiger partial charge >= 0.3 is 0 Å². The number of benzene rings is 1. The van der Waals surface area contributed by atoms with Crippen molar-refractivity contribution in [1.29, 1.82) is 0 Å². The lowest BCUT2D eigenvalue weighted by molar-refractivity contribution is 0.0586. The highest BCUT2D eigenvalue weighted by Crippen LogP contribution is 2.20. The molecule has 1 aliphatic heterocycles. The minimum Gasteiger partial charge on any atom is -0.473 e. The molecule has 2 heterocycles. The quantitative estimate of drug-likeness (QED) is 0.766. The topological polar surface area (TPSA) is 92.7 Å². The van der Waals surface area contributed by atoms with E-state index in [-0.39, 0.29) is 16.9 Å². The summed E-state index contributed by atoms with van der Waals surface area (Å²) < 4.78 is 31.1. The Morgan fingerprint density at radius 3 is 2.37 bits per heavy atom. The number of carbonyl (C=O) groups is 1. The van der Waals surface area contributed by atoms with E-state index in [0.717, 1.165) is 4.31 Å². The average Bonchev–Trinajstić information content (AvgIpc) is 2.69. The van der Waals surface area contributed by atoms with Crippen LogP contribution in [0, 0.1) is 0 Å². The molecule has 0 aliphatic carbocycles. The molecular weight excluding hydrogens is 368 g/mol. The van der Waals surface area contributed by atoms with E-state index < -0.39 is 10.0 Å². The fourth-order valence-corrected chi connectivity index (χ4v) is 3.76. The van der Waals surface area contributed by atoms with Crippen LogP contribution in [0.1, 0.15) is 23.2 Å². The van der Waals surface area contributed by atoms with Gasteiger partial charge in [-0.25, -0.2) is 12.7 Å². The lowest BCUT2D eigenvalue weighted by atomic mass is 10.1. The normalized spacial score (nSPS) is 15.7. The number of sulfonamides is 1. The van der Waals surface area contributed by atoms with E-state index in [0.29, 0.717) is 37.4 Å². The smallest absolute Gasteiger partial charge is 0.253 e. The second-order valence-corrected chi connectivity index (χ2v) is 8.63. The van der Waals surface area contributed by atoms with Crippen LogP contribution in [-0.2, 0) is 10.0 Å². The molecule has 0 atom stereocenters. The van der Waals surface area contributed by atoms with Crippen LogP contribution in [0.5, 0.6) is 5.88 Å². The highest BCUT2D eigenvalue weighted by atomic mass is 32.2. The molecule has 0 saturated carbocycles. The first-order chi connectivity index (χ1) is 12.9. The van der Waals surface area contributed by atoms with Gasteiger partial charge in [-0.3, -0.25) is 4.79 Å². The Bertz CT molecular complexity index is 877. The van der Waals surface area contributed by atoms with Crippen molar-refractivity contribution in [2.45, 2.75) is 23.8 Å². The van der Waals surface area contributed by atoms with Crippen LogP contribution in [0.3, 0.4) is 0 Å². The highest BCUT2D eigenvalue weighted by molar-refractivity contribution is 7.89. The van der Waals surface area contributed by atoms with Gasteiger partial charge in [-0.15, -0.1) is 5.10 Å². The Hall–Kier alpha value is -2.52. The van der Waals surface area contributed by atoms with Crippen molar-refractivity contribution in [2.75, 3.05) is 27.2 Å². The van der Waals surface area contributed by atoms with E-state index in [2.05, 4.69) is 10.2 Å². The maximum Gasteiger partial charge on any atom is 0.253 e. The summed E-state index contributed by atoms with van der Waals surface area (Å²) in [7, 11) is -0.553. The molecule has 2 aromatic rings. The van der Waals surface area contributed by atoms with E-state index >= 15 is 0 Å². The minimum atomic E-state index is -3.50. The molecule has 3 rings (SSSR count). The third-order valence-corrected chi connectivity index (χ3v) is 6.27. The van der Waals surface area contributed by atoms with Crippen LogP contribution in [0.4, 0.5) is 0 Å². The second-order valence-electron chi connectivity index (χ2n) is 6.48. The largest absolute Gasteiger partial charge is 0.473 e. The molecule has 1 saturated heterocycles. The van der Waals surface area contributed by atoms with Gasteiger partial charge in [-0.2, -0.15) is 5.10 Å². The molecule has 1 amide bonds. The molecule has 1 fully saturated rings. The van der Waals surface area contributed by atoms with Gasteiger partial charge in [-0.1, -0.05) is 0 Å². The van der Waals surface area contributed by atoms with E-state index in [9.17, 15) is 13.2 Å². The summed E-state index contributed by atoms with van der Waals surface area (Å²) in [6.07, 6.45) is 2.99. The van der Waals surface area contributed by atoms with Crippen LogP contribution in [0.2, 0.25) is 0 Å². The van der Waals surface area contributed by atoms with E-state index in [1.807, 2.05) is 0 Å². The summed E-state index contributed by atoms with van der Waals surface area (Å²) >= 11 is 0. The first-order valence-electron chi connectivity index (χ1n) is 8.64. The van der Waals surface area contributed by atoms with E-state index in [1.165, 1.54) is 26.2 Å². The predicted molar refractivity (Wildman–Crippen MR) is 98.9 cm³/mol. The molecule has 1 aliphatic rings. The zero-order chi connectivity index (χ0) is 19.4. The van der Waals surface area contributed by atoms with Crippen LogP contribution < -0.4 is 4.74 Å². The molecular formula is C18H22N4O4S. The van der Waals surface area contributed by atoms with Gasteiger partial charge in [0.05, 0.1) is 4.90 Å². The maximum atomic E-state index is 12.7. The maximum absolute atomic E-state index is 12.7. The Labute approximate surface area is 158 Å². The van der Waals surface area contributed by atoms with Crippen molar-refractivity contribution in [3.63, 3.8) is 0 Å². The van der Waals surface area contributed by atoms with Crippen molar-refractivity contribution in [3.8, 4) is 5.88 Å². The standard InChI is InChI=1S/C18H22N4O4S/c1-21(2)27(24,25)16-7-5-14(6-8-16)18(23)22-12-9-15(10-13-22)26-17-4-3-11-19-20-17/h3-8,11,15H,9-10,12-13H2,1-2H3. The number of carbonyl (C=O) groups excluding carboxylic acids is 1. The van der Waals surface area contributed by atoms with Gasteiger partial charge in [-0.05, 0) is 30.3 Å². The molecule has 0 radical (unpaired) electrons. The highest BCUT2D eigenvalue weighted by Gasteiger charge is 2.25.